The highest BCUT2D eigenvalue weighted by Crippen LogP contribution is 2.35. The molecule has 2 unspecified atom stereocenters. The molecule has 0 aromatic heterocycles. The van der Waals surface area contributed by atoms with Crippen molar-refractivity contribution >= 4 is 17.4 Å². The van der Waals surface area contributed by atoms with Gasteiger partial charge in [-0.3, -0.25) is 9.69 Å². The van der Waals surface area contributed by atoms with Gasteiger partial charge in [-0.15, -0.1) is 0 Å². The summed E-state index contributed by atoms with van der Waals surface area (Å²) in [6, 6.07) is 7.93. The Morgan fingerprint density at radius 1 is 1.26 bits per heavy atom. The van der Waals surface area contributed by atoms with Crippen LogP contribution < -0.4 is 0 Å². The summed E-state index contributed by atoms with van der Waals surface area (Å²) in [6.07, 6.45) is 3.59. The number of carbonyl (C=O) groups is 1. The van der Waals surface area contributed by atoms with Crippen molar-refractivity contribution in [3.05, 3.63) is 34.9 Å². The number of nitrogens with zero attached hydrogens (tertiary/aromatic N) is 1. The van der Waals surface area contributed by atoms with Gasteiger partial charge in [-0.1, -0.05) is 23.7 Å². The second kappa shape index (κ2) is 5.23. The number of hydrogen-bond donors (Lipinski definition) is 1. The average Bonchev–Trinajstić information content (AvgIpc) is 2.62. The molecule has 102 valence electrons. The highest BCUT2D eigenvalue weighted by Gasteiger charge is 2.40. The second-order valence-corrected chi connectivity index (χ2v) is 5.99. The molecule has 2 aliphatic heterocycles. The topological polar surface area (TPSA) is 40.5 Å². The lowest BCUT2D eigenvalue weighted by Gasteiger charge is -2.36. The lowest BCUT2D eigenvalue weighted by Crippen LogP contribution is -2.46. The van der Waals surface area contributed by atoms with Gasteiger partial charge in [-0.25, -0.2) is 0 Å². The molecular formula is C15H18ClNO2. The number of fused-ring (bicyclic) bond motifs is 2. The van der Waals surface area contributed by atoms with Crippen LogP contribution in [-0.4, -0.2) is 40.5 Å². The van der Waals surface area contributed by atoms with Gasteiger partial charge in [0.1, 0.15) is 0 Å². The van der Waals surface area contributed by atoms with Crippen LogP contribution in [0.2, 0.25) is 5.02 Å². The number of rotatable bonds is 3. The van der Waals surface area contributed by atoms with E-state index >= 15 is 0 Å². The Hall–Kier alpha value is -0.900. The molecule has 0 aliphatic carbocycles. The number of carbonyl (C=O) groups excluding carboxylic acids is 1. The largest absolute Gasteiger partial charge is 0.393 e. The van der Waals surface area contributed by atoms with Gasteiger partial charge in [0.2, 0.25) is 0 Å². The number of benzene rings is 1. The smallest absolute Gasteiger partial charge is 0.178 e. The third-order valence-electron chi connectivity index (χ3n) is 4.36. The first-order chi connectivity index (χ1) is 9.15. The third kappa shape index (κ3) is 2.55. The highest BCUT2D eigenvalue weighted by atomic mass is 35.5. The van der Waals surface area contributed by atoms with Gasteiger partial charge in [0.25, 0.3) is 0 Å². The zero-order chi connectivity index (χ0) is 13.4. The van der Waals surface area contributed by atoms with E-state index in [1.807, 2.05) is 12.1 Å². The number of aliphatic hydroxyl groups excluding tert-OH is 1. The van der Waals surface area contributed by atoms with E-state index in [0.717, 1.165) is 25.7 Å². The van der Waals surface area contributed by atoms with Gasteiger partial charge in [0.05, 0.1) is 17.7 Å². The van der Waals surface area contributed by atoms with Crippen molar-refractivity contribution in [1.82, 2.24) is 4.90 Å². The van der Waals surface area contributed by atoms with E-state index in [1.165, 1.54) is 0 Å². The number of ketones is 1. The SMILES string of the molecule is O=C(CN1C2CCC1CC(O)C2)c1ccccc1Cl. The molecule has 1 aromatic rings. The standard InChI is InChI=1S/C15H18ClNO2/c16-14-4-2-1-3-13(14)15(19)9-17-10-5-6-11(17)8-12(18)7-10/h1-4,10-12,18H,5-9H2. The maximum absolute atomic E-state index is 12.3. The maximum atomic E-state index is 12.3. The van der Waals surface area contributed by atoms with Crippen molar-refractivity contribution in [3.8, 4) is 0 Å². The van der Waals surface area contributed by atoms with Gasteiger partial charge in [-0.2, -0.15) is 0 Å². The highest BCUT2D eigenvalue weighted by molar-refractivity contribution is 6.34. The van der Waals surface area contributed by atoms with Crippen LogP contribution in [0.4, 0.5) is 0 Å². The predicted molar refractivity (Wildman–Crippen MR) is 74.5 cm³/mol. The predicted octanol–water partition coefficient (Wildman–Crippen LogP) is 2.51. The Bertz CT molecular complexity index is 477. The van der Waals surface area contributed by atoms with Gasteiger partial charge in [-0.05, 0) is 37.8 Å². The molecule has 2 bridgehead atoms. The molecule has 1 aromatic carbocycles. The van der Waals surface area contributed by atoms with Crippen molar-refractivity contribution in [2.24, 2.45) is 0 Å². The molecule has 4 heteroatoms. The molecule has 2 atom stereocenters. The fraction of sp³-hybridized carbons (Fsp3) is 0.533. The molecule has 19 heavy (non-hydrogen) atoms. The monoisotopic (exact) mass is 279 g/mol. The summed E-state index contributed by atoms with van der Waals surface area (Å²) >= 11 is 6.07. The molecule has 0 amide bonds. The van der Waals surface area contributed by atoms with Crippen molar-refractivity contribution in [1.29, 1.82) is 0 Å². The van der Waals surface area contributed by atoms with Crippen LogP contribution in [0.1, 0.15) is 36.0 Å². The van der Waals surface area contributed by atoms with E-state index in [9.17, 15) is 9.90 Å². The fourth-order valence-corrected chi connectivity index (χ4v) is 3.68. The normalized spacial score (nSPS) is 30.5. The summed E-state index contributed by atoms with van der Waals surface area (Å²) in [7, 11) is 0. The number of halogens is 1. The minimum absolute atomic E-state index is 0.0823. The number of hydrogen-bond acceptors (Lipinski definition) is 3. The molecule has 2 heterocycles. The summed E-state index contributed by atoms with van der Waals surface area (Å²) in [5.74, 6) is 0.0823. The molecule has 1 N–H and O–H groups in total. The molecule has 3 rings (SSSR count). The Morgan fingerprint density at radius 2 is 1.89 bits per heavy atom. The van der Waals surface area contributed by atoms with E-state index < -0.39 is 0 Å². The maximum Gasteiger partial charge on any atom is 0.178 e. The van der Waals surface area contributed by atoms with Crippen molar-refractivity contribution < 1.29 is 9.90 Å². The Labute approximate surface area is 118 Å². The summed E-state index contributed by atoms with van der Waals surface area (Å²) in [4.78, 5) is 14.6. The van der Waals surface area contributed by atoms with Crippen molar-refractivity contribution in [3.63, 3.8) is 0 Å². The van der Waals surface area contributed by atoms with Gasteiger partial charge < -0.3 is 5.11 Å². The van der Waals surface area contributed by atoms with Crippen LogP contribution in [0.25, 0.3) is 0 Å². The van der Waals surface area contributed by atoms with Crippen LogP contribution in [-0.2, 0) is 0 Å². The van der Waals surface area contributed by atoms with Crippen molar-refractivity contribution in [2.45, 2.75) is 43.9 Å². The first-order valence-corrected chi connectivity index (χ1v) is 7.24. The zero-order valence-corrected chi connectivity index (χ0v) is 11.5. The summed E-state index contributed by atoms with van der Waals surface area (Å²) in [5.41, 5.74) is 0.606. The lowest BCUT2D eigenvalue weighted by atomic mass is 9.99. The summed E-state index contributed by atoms with van der Waals surface area (Å²) in [5, 5.41) is 10.3. The quantitative estimate of drug-likeness (QED) is 0.865. The van der Waals surface area contributed by atoms with Crippen LogP contribution >= 0.6 is 11.6 Å². The van der Waals surface area contributed by atoms with E-state index in [0.29, 0.717) is 29.2 Å². The fourth-order valence-electron chi connectivity index (χ4n) is 3.44. The molecule has 0 spiro atoms. The first kappa shape index (κ1) is 13.1. The van der Waals surface area contributed by atoms with E-state index in [4.69, 9.17) is 11.6 Å². The van der Waals surface area contributed by atoms with Crippen LogP contribution in [0, 0.1) is 0 Å². The van der Waals surface area contributed by atoms with Crippen LogP contribution in [0.3, 0.4) is 0 Å². The number of aliphatic hydroxyl groups is 1. The van der Waals surface area contributed by atoms with Gasteiger partial charge >= 0.3 is 0 Å². The Kier molecular flexibility index (Phi) is 3.61. The Morgan fingerprint density at radius 3 is 2.53 bits per heavy atom. The minimum atomic E-state index is -0.191. The number of piperidine rings is 1. The van der Waals surface area contributed by atoms with E-state index in [2.05, 4.69) is 4.90 Å². The van der Waals surface area contributed by atoms with Crippen LogP contribution in [0.15, 0.2) is 24.3 Å². The van der Waals surface area contributed by atoms with Crippen LogP contribution in [0.5, 0.6) is 0 Å². The molecule has 0 saturated carbocycles. The van der Waals surface area contributed by atoms with E-state index in [1.54, 1.807) is 12.1 Å². The summed E-state index contributed by atoms with van der Waals surface area (Å²) in [6.45, 7) is 0.422. The van der Waals surface area contributed by atoms with Gasteiger partial charge in [0.15, 0.2) is 5.78 Å². The minimum Gasteiger partial charge on any atom is -0.393 e. The molecule has 0 radical (unpaired) electrons. The molecule has 2 fully saturated rings. The van der Waals surface area contributed by atoms with Gasteiger partial charge in [0, 0.05) is 17.6 Å². The average molecular weight is 280 g/mol. The zero-order valence-electron chi connectivity index (χ0n) is 10.8. The summed E-state index contributed by atoms with van der Waals surface area (Å²) < 4.78 is 0. The molecular weight excluding hydrogens is 262 g/mol. The van der Waals surface area contributed by atoms with E-state index in [-0.39, 0.29) is 11.9 Å². The second-order valence-electron chi connectivity index (χ2n) is 5.59. The molecule has 3 nitrogen and oxygen atoms in total. The lowest BCUT2D eigenvalue weighted by molar-refractivity contribution is 0.0344. The number of Topliss-reactive ketones (excluding diaryl/α,β-unsaturated/α-hetero) is 1. The first-order valence-electron chi connectivity index (χ1n) is 6.86. The van der Waals surface area contributed by atoms with Crippen molar-refractivity contribution in [2.75, 3.05) is 6.54 Å². The Balaban J connectivity index is 1.73. The molecule has 2 aliphatic rings. The molecule has 2 saturated heterocycles. The third-order valence-corrected chi connectivity index (χ3v) is 4.69.